The third kappa shape index (κ3) is 2.94. The second kappa shape index (κ2) is 4.97. The van der Waals surface area contributed by atoms with E-state index in [0.29, 0.717) is 5.56 Å². The number of nitrogens with zero attached hydrogens (tertiary/aromatic N) is 1. The molecule has 0 amide bonds. The molecule has 0 unspecified atom stereocenters. The number of nitrogens with two attached hydrogens (primary N) is 2. The Morgan fingerprint density at radius 1 is 1.47 bits per heavy atom. The van der Waals surface area contributed by atoms with Gasteiger partial charge in [-0.3, -0.25) is 5.41 Å². The SMILES string of the molecule is N=C(N)C(Cc1ccc(O)c(C(=O)O)c1)=NN. The van der Waals surface area contributed by atoms with Crippen molar-refractivity contribution in [1.82, 2.24) is 0 Å². The van der Waals surface area contributed by atoms with E-state index in [1.165, 1.54) is 18.2 Å². The molecule has 90 valence electrons. The van der Waals surface area contributed by atoms with Gasteiger partial charge in [-0.15, -0.1) is 0 Å². The molecule has 0 aliphatic heterocycles. The van der Waals surface area contributed by atoms with Gasteiger partial charge in [-0.1, -0.05) is 6.07 Å². The number of carboxylic acids is 1. The number of amidine groups is 1. The largest absolute Gasteiger partial charge is 0.507 e. The van der Waals surface area contributed by atoms with Crippen molar-refractivity contribution < 1.29 is 15.0 Å². The molecule has 1 aromatic carbocycles. The van der Waals surface area contributed by atoms with Crippen LogP contribution in [0.25, 0.3) is 0 Å². The second-order valence-electron chi connectivity index (χ2n) is 3.32. The van der Waals surface area contributed by atoms with Crippen molar-refractivity contribution >= 4 is 17.5 Å². The predicted octanol–water partition coefficient (Wildman–Crippen LogP) is -0.116. The minimum absolute atomic E-state index is 0.131. The van der Waals surface area contributed by atoms with Crippen molar-refractivity contribution in [1.29, 1.82) is 5.41 Å². The molecule has 7 nitrogen and oxygen atoms in total. The smallest absolute Gasteiger partial charge is 0.339 e. The third-order valence-electron chi connectivity index (χ3n) is 2.13. The van der Waals surface area contributed by atoms with Crippen LogP contribution >= 0.6 is 0 Å². The lowest BCUT2D eigenvalue weighted by Gasteiger charge is -2.05. The molecule has 1 rings (SSSR count). The second-order valence-corrected chi connectivity index (χ2v) is 3.32. The first kappa shape index (κ1) is 12.5. The van der Waals surface area contributed by atoms with Gasteiger partial charge >= 0.3 is 5.97 Å². The highest BCUT2D eigenvalue weighted by molar-refractivity contribution is 6.40. The van der Waals surface area contributed by atoms with Crippen molar-refractivity contribution in [3.8, 4) is 5.75 Å². The van der Waals surface area contributed by atoms with E-state index in [1.54, 1.807) is 0 Å². The van der Waals surface area contributed by atoms with Crippen LogP contribution in [0.15, 0.2) is 23.3 Å². The van der Waals surface area contributed by atoms with Crippen molar-refractivity contribution in [2.24, 2.45) is 16.7 Å². The van der Waals surface area contributed by atoms with E-state index in [-0.39, 0.29) is 29.3 Å². The summed E-state index contributed by atoms with van der Waals surface area (Å²) >= 11 is 0. The van der Waals surface area contributed by atoms with Crippen LogP contribution < -0.4 is 11.6 Å². The zero-order valence-corrected chi connectivity index (χ0v) is 8.84. The Morgan fingerprint density at radius 2 is 2.12 bits per heavy atom. The quantitative estimate of drug-likeness (QED) is 0.214. The number of phenols is 1. The monoisotopic (exact) mass is 236 g/mol. The van der Waals surface area contributed by atoms with E-state index in [1.807, 2.05) is 0 Å². The lowest BCUT2D eigenvalue weighted by Crippen LogP contribution is -2.25. The standard InChI is InChI=1S/C10H12N4O3/c11-9(12)7(14-13)4-5-1-2-8(15)6(3-5)10(16)17/h1-3,15H,4,13H2,(H3,11,12)(H,16,17). The number of hydrogen-bond acceptors (Lipinski definition) is 5. The average Bonchev–Trinajstić information content (AvgIpc) is 2.27. The van der Waals surface area contributed by atoms with Gasteiger partial charge in [0.25, 0.3) is 0 Å². The fourth-order valence-corrected chi connectivity index (χ4v) is 1.27. The zero-order valence-electron chi connectivity index (χ0n) is 8.84. The molecule has 0 aliphatic rings. The summed E-state index contributed by atoms with van der Waals surface area (Å²) in [4.78, 5) is 10.8. The molecule has 0 bridgehead atoms. The molecule has 0 fully saturated rings. The maximum absolute atomic E-state index is 10.8. The number of aromatic carboxylic acids is 1. The van der Waals surface area contributed by atoms with Gasteiger partial charge in [0.15, 0.2) is 0 Å². The number of nitrogens with one attached hydrogen (secondary N) is 1. The fourth-order valence-electron chi connectivity index (χ4n) is 1.27. The van der Waals surface area contributed by atoms with E-state index in [4.69, 9.17) is 22.1 Å². The minimum atomic E-state index is -1.24. The number of hydrazone groups is 1. The Hall–Kier alpha value is -2.57. The van der Waals surface area contributed by atoms with Crippen LogP contribution in [0.1, 0.15) is 15.9 Å². The number of benzene rings is 1. The van der Waals surface area contributed by atoms with E-state index >= 15 is 0 Å². The summed E-state index contributed by atoms with van der Waals surface area (Å²) in [6, 6.07) is 4.05. The van der Waals surface area contributed by atoms with Crippen molar-refractivity contribution in [3.05, 3.63) is 29.3 Å². The van der Waals surface area contributed by atoms with Gasteiger partial charge in [0, 0.05) is 6.42 Å². The highest BCUT2D eigenvalue weighted by atomic mass is 16.4. The normalized spacial score (nSPS) is 11.2. The van der Waals surface area contributed by atoms with E-state index in [0.717, 1.165) is 0 Å². The van der Waals surface area contributed by atoms with Gasteiger partial charge in [0.1, 0.15) is 22.9 Å². The minimum Gasteiger partial charge on any atom is -0.507 e. The molecular formula is C10H12N4O3. The summed E-state index contributed by atoms with van der Waals surface area (Å²) in [7, 11) is 0. The molecule has 0 aliphatic carbocycles. The number of aromatic hydroxyl groups is 1. The molecule has 0 spiro atoms. The maximum atomic E-state index is 10.8. The van der Waals surface area contributed by atoms with Gasteiger partial charge in [-0.2, -0.15) is 5.10 Å². The first-order valence-corrected chi connectivity index (χ1v) is 4.62. The van der Waals surface area contributed by atoms with Crippen LogP contribution in [-0.4, -0.2) is 27.7 Å². The lowest BCUT2D eigenvalue weighted by atomic mass is 10.0. The number of rotatable bonds is 4. The highest BCUT2D eigenvalue weighted by Gasteiger charge is 2.12. The van der Waals surface area contributed by atoms with Crippen molar-refractivity contribution in [3.63, 3.8) is 0 Å². The Morgan fingerprint density at radius 3 is 2.59 bits per heavy atom. The molecule has 0 atom stereocenters. The Balaban J connectivity index is 3.05. The van der Waals surface area contributed by atoms with Gasteiger partial charge in [-0.05, 0) is 17.7 Å². The summed E-state index contributed by atoms with van der Waals surface area (Å²) in [5.41, 5.74) is 5.70. The number of carbonyl (C=O) groups is 1. The average molecular weight is 236 g/mol. The Kier molecular flexibility index (Phi) is 3.66. The molecule has 7 N–H and O–H groups in total. The summed E-state index contributed by atoms with van der Waals surface area (Å²) in [5, 5.41) is 28.6. The topological polar surface area (TPSA) is 146 Å². The van der Waals surface area contributed by atoms with Gasteiger partial charge < -0.3 is 21.8 Å². The predicted molar refractivity (Wildman–Crippen MR) is 62.3 cm³/mol. The molecule has 0 aromatic heterocycles. The van der Waals surface area contributed by atoms with Crippen LogP contribution in [0.4, 0.5) is 0 Å². The van der Waals surface area contributed by atoms with E-state index < -0.39 is 5.97 Å². The van der Waals surface area contributed by atoms with Gasteiger partial charge in [0.05, 0.1) is 0 Å². The summed E-state index contributed by atoms with van der Waals surface area (Å²) in [6.45, 7) is 0. The first-order chi connectivity index (χ1) is 7.95. The molecule has 1 aromatic rings. The maximum Gasteiger partial charge on any atom is 0.339 e. The Labute approximate surface area is 96.9 Å². The van der Waals surface area contributed by atoms with Gasteiger partial charge in [0.2, 0.25) is 0 Å². The van der Waals surface area contributed by atoms with Crippen LogP contribution in [0.3, 0.4) is 0 Å². The van der Waals surface area contributed by atoms with Crippen LogP contribution in [0.2, 0.25) is 0 Å². The van der Waals surface area contributed by atoms with Gasteiger partial charge in [-0.25, -0.2) is 4.79 Å². The highest BCUT2D eigenvalue weighted by Crippen LogP contribution is 2.18. The molecule has 0 radical (unpaired) electrons. The lowest BCUT2D eigenvalue weighted by molar-refractivity contribution is 0.0693. The first-order valence-electron chi connectivity index (χ1n) is 4.62. The van der Waals surface area contributed by atoms with Crippen LogP contribution in [-0.2, 0) is 6.42 Å². The summed E-state index contributed by atoms with van der Waals surface area (Å²) in [6.07, 6.45) is 0.131. The number of hydrogen-bond donors (Lipinski definition) is 5. The third-order valence-corrected chi connectivity index (χ3v) is 2.13. The van der Waals surface area contributed by atoms with Crippen molar-refractivity contribution in [2.45, 2.75) is 6.42 Å². The molecule has 0 heterocycles. The van der Waals surface area contributed by atoms with E-state index in [2.05, 4.69) is 5.10 Å². The molecule has 7 heteroatoms. The zero-order chi connectivity index (χ0) is 13.0. The number of carboxylic acid groups (broad SMARTS) is 1. The Bertz CT molecular complexity index is 496. The van der Waals surface area contributed by atoms with Crippen LogP contribution in [0, 0.1) is 5.41 Å². The summed E-state index contributed by atoms with van der Waals surface area (Å²) < 4.78 is 0. The molecule has 17 heavy (non-hydrogen) atoms. The molecule has 0 saturated carbocycles. The van der Waals surface area contributed by atoms with Crippen LogP contribution in [0.5, 0.6) is 5.75 Å². The molecule has 0 saturated heterocycles. The van der Waals surface area contributed by atoms with Crippen molar-refractivity contribution in [2.75, 3.05) is 0 Å². The molecular weight excluding hydrogens is 224 g/mol. The summed E-state index contributed by atoms with van der Waals surface area (Å²) in [5.74, 6) is 3.21. The van der Waals surface area contributed by atoms with E-state index in [9.17, 15) is 9.90 Å². The fraction of sp³-hybridized carbons (Fsp3) is 0.100.